The van der Waals surface area contributed by atoms with Crippen LogP contribution >= 0.6 is 0 Å². The Hall–Kier alpha value is -1.10. The van der Waals surface area contributed by atoms with Crippen LogP contribution in [0.4, 0.5) is 0 Å². The van der Waals surface area contributed by atoms with Crippen molar-refractivity contribution >= 4 is 11.9 Å². The second kappa shape index (κ2) is 7.23. The van der Waals surface area contributed by atoms with E-state index in [0.717, 1.165) is 0 Å². The summed E-state index contributed by atoms with van der Waals surface area (Å²) in [5, 5.41) is 8.74. The van der Waals surface area contributed by atoms with E-state index in [0.29, 0.717) is 19.6 Å². The van der Waals surface area contributed by atoms with Crippen LogP contribution < -0.4 is 0 Å². The van der Waals surface area contributed by atoms with Crippen molar-refractivity contribution in [3.63, 3.8) is 0 Å². The fourth-order valence-electron chi connectivity index (χ4n) is 1.15. The molecule has 0 saturated heterocycles. The van der Waals surface area contributed by atoms with Crippen molar-refractivity contribution in [1.29, 1.82) is 0 Å². The van der Waals surface area contributed by atoms with E-state index >= 15 is 0 Å². The Kier molecular flexibility index (Phi) is 6.70. The van der Waals surface area contributed by atoms with Crippen molar-refractivity contribution in [1.82, 2.24) is 4.90 Å². The standard InChI is InChI=1S/C10H19NO4/c1-4-9(12)11(5-6-15-3)7-8(2)10(13)14/h8H,4-7H2,1-3H3,(H,13,14). The van der Waals surface area contributed by atoms with Gasteiger partial charge in [-0.3, -0.25) is 9.59 Å². The summed E-state index contributed by atoms with van der Waals surface area (Å²) in [5.41, 5.74) is 0. The number of amides is 1. The van der Waals surface area contributed by atoms with Gasteiger partial charge in [-0.25, -0.2) is 0 Å². The molecule has 0 rings (SSSR count). The van der Waals surface area contributed by atoms with Gasteiger partial charge >= 0.3 is 5.97 Å². The fourth-order valence-corrected chi connectivity index (χ4v) is 1.15. The fraction of sp³-hybridized carbons (Fsp3) is 0.800. The van der Waals surface area contributed by atoms with Gasteiger partial charge in [-0.15, -0.1) is 0 Å². The number of hydrogen-bond acceptors (Lipinski definition) is 3. The molecular weight excluding hydrogens is 198 g/mol. The number of rotatable bonds is 7. The summed E-state index contributed by atoms with van der Waals surface area (Å²) < 4.78 is 4.87. The predicted octanol–water partition coefficient (Wildman–Crippen LogP) is 0.592. The molecule has 1 amide bonds. The third-order valence-electron chi connectivity index (χ3n) is 2.14. The van der Waals surface area contributed by atoms with E-state index in [9.17, 15) is 9.59 Å². The quantitative estimate of drug-likeness (QED) is 0.678. The van der Waals surface area contributed by atoms with Crippen molar-refractivity contribution < 1.29 is 19.4 Å². The topological polar surface area (TPSA) is 66.8 Å². The molecular formula is C10H19NO4. The van der Waals surface area contributed by atoms with E-state index < -0.39 is 11.9 Å². The predicted molar refractivity (Wildman–Crippen MR) is 55.5 cm³/mol. The Morgan fingerprint density at radius 3 is 2.47 bits per heavy atom. The minimum Gasteiger partial charge on any atom is -0.481 e. The molecule has 1 atom stereocenters. The van der Waals surface area contributed by atoms with Gasteiger partial charge in [-0.2, -0.15) is 0 Å². The van der Waals surface area contributed by atoms with Gasteiger partial charge in [0, 0.05) is 26.6 Å². The maximum atomic E-state index is 11.5. The van der Waals surface area contributed by atoms with Crippen LogP contribution in [-0.4, -0.2) is 48.7 Å². The highest BCUT2D eigenvalue weighted by Gasteiger charge is 2.18. The maximum absolute atomic E-state index is 11.5. The molecule has 0 aliphatic carbocycles. The molecule has 1 unspecified atom stereocenters. The van der Waals surface area contributed by atoms with Crippen molar-refractivity contribution in [2.75, 3.05) is 26.8 Å². The van der Waals surface area contributed by atoms with Crippen LogP contribution in [0.25, 0.3) is 0 Å². The highest BCUT2D eigenvalue weighted by atomic mass is 16.5. The lowest BCUT2D eigenvalue weighted by Gasteiger charge is -2.23. The molecule has 1 N–H and O–H groups in total. The molecule has 88 valence electrons. The summed E-state index contributed by atoms with van der Waals surface area (Å²) in [6, 6.07) is 0. The number of carboxylic acid groups (broad SMARTS) is 1. The maximum Gasteiger partial charge on any atom is 0.308 e. The second-order valence-electron chi connectivity index (χ2n) is 3.43. The smallest absolute Gasteiger partial charge is 0.308 e. The molecule has 0 fully saturated rings. The monoisotopic (exact) mass is 217 g/mol. The van der Waals surface area contributed by atoms with Gasteiger partial charge in [0.25, 0.3) is 0 Å². The van der Waals surface area contributed by atoms with Gasteiger partial charge in [-0.05, 0) is 0 Å². The van der Waals surface area contributed by atoms with E-state index in [1.807, 2.05) is 0 Å². The third-order valence-corrected chi connectivity index (χ3v) is 2.14. The molecule has 0 bridgehead atoms. The van der Waals surface area contributed by atoms with Crippen LogP contribution in [0.3, 0.4) is 0 Å². The van der Waals surface area contributed by atoms with Crippen LogP contribution in [-0.2, 0) is 14.3 Å². The Morgan fingerprint density at radius 2 is 2.07 bits per heavy atom. The molecule has 0 spiro atoms. The van der Waals surface area contributed by atoms with E-state index in [4.69, 9.17) is 9.84 Å². The summed E-state index contributed by atoms with van der Waals surface area (Å²) in [5.74, 6) is -1.47. The molecule has 5 nitrogen and oxygen atoms in total. The first-order valence-electron chi connectivity index (χ1n) is 5.02. The van der Waals surface area contributed by atoms with Crippen molar-refractivity contribution in [3.05, 3.63) is 0 Å². The van der Waals surface area contributed by atoms with Crippen LogP contribution in [0.2, 0.25) is 0 Å². The number of nitrogens with zero attached hydrogens (tertiary/aromatic N) is 1. The minimum absolute atomic E-state index is 0.0415. The van der Waals surface area contributed by atoms with Gasteiger partial charge in [0.1, 0.15) is 0 Å². The Balaban J connectivity index is 4.23. The average molecular weight is 217 g/mol. The van der Waals surface area contributed by atoms with Gasteiger partial charge in [0.05, 0.1) is 12.5 Å². The lowest BCUT2D eigenvalue weighted by molar-refractivity contribution is -0.143. The Bertz CT molecular complexity index is 217. The number of aliphatic carboxylic acids is 1. The van der Waals surface area contributed by atoms with E-state index in [1.54, 1.807) is 21.0 Å². The molecule has 0 aromatic rings. The Morgan fingerprint density at radius 1 is 1.47 bits per heavy atom. The summed E-state index contributed by atoms with van der Waals surface area (Å²) in [6.07, 6.45) is 0.385. The second-order valence-corrected chi connectivity index (χ2v) is 3.43. The number of carbonyl (C=O) groups excluding carboxylic acids is 1. The normalized spacial score (nSPS) is 12.2. The first-order chi connectivity index (χ1) is 7.02. The van der Waals surface area contributed by atoms with Crippen molar-refractivity contribution in [2.45, 2.75) is 20.3 Å². The minimum atomic E-state index is -0.888. The average Bonchev–Trinajstić information content (AvgIpc) is 2.22. The zero-order valence-electron chi connectivity index (χ0n) is 9.52. The zero-order chi connectivity index (χ0) is 11.8. The number of ether oxygens (including phenoxy) is 1. The van der Waals surface area contributed by atoms with Crippen molar-refractivity contribution in [3.8, 4) is 0 Å². The molecule has 0 aromatic carbocycles. The summed E-state index contributed by atoms with van der Waals surface area (Å²) in [4.78, 5) is 23.6. The van der Waals surface area contributed by atoms with E-state index in [1.165, 1.54) is 4.90 Å². The van der Waals surface area contributed by atoms with Crippen LogP contribution in [0.5, 0.6) is 0 Å². The molecule has 15 heavy (non-hydrogen) atoms. The van der Waals surface area contributed by atoms with Crippen LogP contribution in [0, 0.1) is 5.92 Å². The summed E-state index contributed by atoms with van der Waals surface area (Å²) >= 11 is 0. The molecule has 0 aliphatic rings. The lowest BCUT2D eigenvalue weighted by Crippen LogP contribution is -2.38. The first kappa shape index (κ1) is 13.9. The summed E-state index contributed by atoms with van der Waals surface area (Å²) in [6.45, 7) is 4.46. The SMILES string of the molecule is CCC(=O)N(CCOC)CC(C)C(=O)O. The number of carbonyl (C=O) groups is 2. The molecule has 0 radical (unpaired) electrons. The van der Waals surface area contributed by atoms with E-state index in [2.05, 4.69) is 0 Å². The zero-order valence-corrected chi connectivity index (χ0v) is 9.52. The van der Waals surface area contributed by atoms with Gasteiger partial charge in [-0.1, -0.05) is 13.8 Å². The van der Waals surface area contributed by atoms with Crippen molar-refractivity contribution in [2.24, 2.45) is 5.92 Å². The first-order valence-corrected chi connectivity index (χ1v) is 5.02. The molecule has 5 heteroatoms. The van der Waals surface area contributed by atoms with Gasteiger partial charge in [0.15, 0.2) is 0 Å². The molecule has 0 heterocycles. The number of carboxylic acids is 1. The van der Waals surface area contributed by atoms with Crippen LogP contribution in [0.15, 0.2) is 0 Å². The van der Waals surface area contributed by atoms with Gasteiger partial charge < -0.3 is 14.7 Å². The van der Waals surface area contributed by atoms with Crippen LogP contribution in [0.1, 0.15) is 20.3 Å². The summed E-state index contributed by atoms with van der Waals surface area (Å²) in [7, 11) is 1.55. The number of hydrogen-bond donors (Lipinski definition) is 1. The highest BCUT2D eigenvalue weighted by molar-refractivity contribution is 5.77. The highest BCUT2D eigenvalue weighted by Crippen LogP contribution is 2.02. The Labute approximate surface area is 90.0 Å². The van der Waals surface area contributed by atoms with E-state index in [-0.39, 0.29) is 12.5 Å². The largest absolute Gasteiger partial charge is 0.481 e. The third kappa shape index (κ3) is 5.37. The molecule has 0 saturated carbocycles. The number of methoxy groups -OCH3 is 1. The van der Waals surface area contributed by atoms with Gasteiger partial charge in [0.2, 0.25) is 5.91 Å². The molecule has 0 aromatic heterocycles. The lowest BCUT2D eigenvalue weighted by atomic mass is 10.1. The molecule has 0 aliphatic heterocycles.